The van der Waals surface area contributed by atoms with E-state index in [0.717, 1.165) is 30.6 Å². The van der Waals surface area contributed by atoms with E-state index in [4.69, 9.17) is 53.2 Å². The first kappa shape index (κ1) is 40.9. The number of halogens is 3. The predicted molar refractivity (Wildman–Crippen MR) is 218 cm³/mol. The summed E-state index contributed by atoms with van der Waals surface area (Å²) in [6.45, 7) is 6.74. The monoisotopic (exact) mass is 884 g/mol. The van der Waals surface area contributed by atoms with Crippen molar-refractivity contribution in [2.24, 2.45) is 13.5 Å². The molecule has 14 nitrogen and oxygen atoms in total. The predicted octanol–water partition coefficient (Wildman–Crippen LogP) is 8.28. The minimum atomic E-state index is -3.21. The van der Waals surface area contributed by atoms with E-state index in [-0.39, 0.29) is 11.6 Å². The molecule has 0 saturated carbocycles. The van der Waals surface area contributed by atoms with Crippen LogP contribution in [0.5, 0.6) is 0 Å². The van der Waals surface area contributed by atoms with Crippen LogP contribution in [0.2, 0.25) is 0 Å². The molecule has 8 aliphatic heterocycles. The van der Waals surface area contributed by atoms with Crippen molar-refractivity contribution in [1.82, 2.24) is 23.4 Å². The highest BCUT2D eigenvalue weighted by atomic mass is 35.7. The molecule has 7 saturated heterocycles. The average Bonchev–Trinajstić information content (AvgIpc) is 4.01. The molecule has 2 aromatic carbocycles. The maximum Gasteiger partial charge on any atom is 0.239 e. The van der Waals surface area contributed by atoms with Crippen LogP contribution in [0.1, 0.15) is 56.1 Å². The molecule has 8 heterocycles. The Balaban J connectivity index is 1.16. The quantitative estimate of drug-likeness (QED) is 0.251. The molecule has 20 heteroatoms. The zero-order valence-electron chi connectivity index (χ0n) is 32.9. The Bertz CT molecular complexity index is 1870. The third-order valence-electron chi connectivity index (χ3n) is 12.9. The summed E-state index contributed by atoms with van der Waals surface area (Å²) in [7, 11) is -6.16. The molecule has 0 N–H and O–H groups in total. The van der Waals surface area contributed by atoms with Gasteiger partial charge in [0.05, 0.1) is 39.6 Å². The zero-order valence-corrected chi connectivity index (χ0v) is 36.3. The highest BCUT2D eigenvalue weighted by Crippen LogP contribution is 2.85. The summed E-state index contributed by atoms with van der Waals surface area (Å²) in [6.07, 6.45) is 4.98. The van der Waals surface area contributed by atoms with Gasteiger partial charge in [-0.05, 0) is 53.1 Å². The van der Waals surface area contributed by atoms with Gasteiger partial charge >= 0.3 is 0 Å². The topological polar surface area (TPSA) is 109 Å². The molecular formula is C38H54ClF2N8O6P3. The molecule has 0 bridgehead atoms. The lowest BCUT2D eigenvalue weighted by Gasteiger charge is -2.54. The lowest BCUT2D eigenvalue weighted by Crippen LogP contribution is -2.49. The second kappa shape index (κ2) is 16.2. The van der Waals surface area contributed by atoms with Gasteiger partial charge in [0.25, 0.3) is 0 Å². The highest BCUT2D eigenvalue weighted by Gasteiger charge is 2.55. The van der Waals surface area contributed by atoms with Crippen LogP contribution in [0.3, 0.4) is 0 Å². The maximum atomic E-state index is 14.3. The molecule has 0 aromatic heterocycles. The van der Waals surface area contributed by atoms with Gasteiger partial charge in [-0.1, -0.05) is 24.3 Å². The van der Waals surface area contributed by atoms with Crippen LogP contribution < -0.4 is 0 Å². The number of nitrogens with zero attached hydrogens (tertiary/aromatic N) is 8. The minimum absolute atomic E-state index is 0.277. The minimum Gasteiger partial charge on any atom is -0.347 e. The Morgan fingerprint density at radius 2 is 0.845 bits per heavy atom. The van der Waals surface area contributed by atoms with E-state index in [2.05, 4.69) is 23.4 Å². The van der Waals surface area contributed by atoms with Crippen LogP contribution in [0.25, 0.3) is 0 Å². The molecule has 2 aromatic rings. The van der Waals surface area contributed by atoms with Crippen LogP contribution in [0, 0.1) is 11.6 Å². The SMILES string of the molecule is Fc1ccc(CN2CCCN(Cc3ccc(F)cc3)P23=NP(N2CCC4(CC2)OCCO4)(N2CCC4(CC2)OCCO4)=NP(Cl)(N2CCC4(CC2)OCCO4)=N3)cc1. The number of hydrogen-bond acceptors (Lipinski definition) is 14. The summed E-state index contributed by atoms with van der Waals surface area (Å²) in [4.78, 5) is 0. The van der Waals surface area contributed by atoms with Gasteiger partial charge < -0.3 is 28.4 Å². The van der Waals surface area contributed by atoms with Crippen LogP contribution in [0.4, 0.5) is 8.78 Å². The molecule has 0 aliphatic carbocycles. The van der Waals surface area contributed by atoms with Gasteiger partial charge in [-0.2, -0.15) is 13.5 Å². The van der Waals surface area contributed by atoms with Gasteiger partial charge in [0.2, 0.25) is 21.7 Å². The van der Waals surface area contributed by atoms with Gasteiger partial charge in [0.15, 0.2) is 17.4 Å². The molecule has 4 spiro atoms. The summed E-state index contributed by atoms with van der Waals surface area (Å²) < 4.78 is 96.5. The molecule has 58 heavy (non-hydrogen) atoms. The molecule has 0 radical (unpaired) electrons. The van der Waals surface area contributed by atoms with Crippen molar-refractivity contribution in [3.05, 3.63) is 71.3 Å². The maximum absolute atomic E-state index is 14.3. The average molecular weight is 885 g/mol. The van der Waals surface area contributed by atoms with E-state index in [1.54, 1.807) is 0 Å². The zero-order chi connectivity index (χ0) is 39.5. The standard InChI is InChI=1S/C38H54ClF2N8O6P3/c39-56(45-18-10-36(11-19-45)50-24-25-51-36)42-57(46-20-12-37(13-21-46)52-26-27-53-37,47-22-14-38(15-23-47)54-28-29-55-38)44-58(43-56)48(30-32-2-6-34(40)7-3-32)16-1-17-49(58)31-33-4-8-35(41)9-5-33/h2-9H,1,10-31H2. The summed E-state index contributed by atoms with van der Waals surface area (Å²) in [5.74, 6) is -2.37. The fourth-order valence-electron chi connectivity index (χ4n) is 9.75. The van der Waals surface area contributed by atoms with Gasteiger partial charge in [-0.3, -0.25) is 0 Å². The van der Waals surface area contributed by atoms with Gasteiger partial charge in [-0.15, -0.1) is 0 Å². The first-order valence-corrected chi connectivity index (χ1v) is 26.6. The van der Waals surface area contributed by atoms with Crippen molar-refractivity contribution >= 4 is 33.0 Å². The third-order valence-corrected chi connectivity index (χ3v) is 26.1. The summed E-state index contributed by atoms with van der Waals surface area (Å²) in [5, 5.41) is 0. The normalized spacial score (nSPS) is 31.2. The first-order chi connectivity index (χ1) is 28.1. The fourth-order valence-corrected chi connectivity index (χ4v) is 25.9. The number of hydrogen-bond donors (Lipinski definition) is 0. The second-order valence-corrected chi connectivity index (χ2v) is 25.9. The van der Waals surface area contributed by atoms with Crippen LogP contribution >= 0.6 is 33.0 Å². The van der Waals surface area contributed by atoms with Gasteiger partial charge in [0.1, 0.15) is 11.6 Å². The first-order valence-electron chi connectivity index (χ1n) is 20.8. The van der Waals surface area contributed by atoms with Crippen molar-refractivity contribution in [2.45, 2.75) is 75.4 Å². The number of rotatable bonds is 7. The van der Waals surface area contributed by atoms with E-state index in [9.17, 15) is 8.78 Å². The number of ether oxygens (including phenoxy) is 6. The Hall–Kier alpha value is -1.16. The molecular weight excluding hydrogens is 831 g/mol. The van der Waals surface area contributed by atoms with Crippen LogP contribution in [0.15, 0.2) is 62.1 Å². The lowest BCUT2D eigenvalue weighted by atomic mass is 10.1. The Morgan fingerprint density at radius 3 is 1.22 bits per heavy atom. The molecule has 318 valence electrons. The van der Waals surface area contributed by atoms with E-state index in [1.165, 1.54) is 24.3 Å². The third kappa shape index (κ3) is 7.68. The summed E-state index contributed by atoms with van der Waals surface area (Å²) in [6, 6.07) is 13.5. The van der Waals surface area contributed by atoms with Gasteiger partial charge in [-0.25, -0.2) is 32.1 Å². The van der Waals surface area contributed by atoms with Crippen molar-refractivity contribution < 1.29 is 37.2 Å². The molecule has 0 amide bonds. The Kier molecular flexibility index (Phi) is 11.4. The molecule has 1 atom stereocenters. The molecule has 7 fully saturated rings. The van der Waals surface area contributed by atoms with Crippen molar-refractivity contribution in [1.29, 1.82) is 0 Å². The molecule has 10 rings (SSSR count). The molecule has 1 unspecified atom stereocenters. The van der Waals surface area contributed by atoms with Gasteiger partial charge in [0, 0.05) is 104 Å². The van der Waals surface area contributed by atoms with Crippen molar-refractivity contribution in [2.75, 3.05) is 92.0 Å². The number of piperidine rings is 3. The van der Waals surface area contributed by atoms with Crippen molar-refractivity contribution in [3.8, 4) is 0 Å². The second-order valence-electron chi connectivity index (χ2n) is 16.4. The lowest BCUT2D eigenvalue weighted by molar-refractivity contribution is -0.182. The molecule has 8 aliphatic rings. The smallest absolute Gasteiger partial charge is 0.239 e. The summed E-state index contributed by atoms with van der Waals surface area (Å²) >= 11 is 8.33. The van der Waals surface area contributed by atoms with Crippen LogP contribution in [-0.2, 0) is 41.5 Å². The fraction of sp³-hybridized carbons (Fsp3) is 0.684. The van der Waals surface area contributed by atoms with E-state index < -0.39 is 39.1 Å². The van der Waals surface area contributed by atoms with E-state index in [1.807, 2.05) is 24.3 Å². The van der Waals surface area contributed by atoms with E-state index >= 15 is 0 Å². The highest BCUT2D eigenvalue weighted by molar-refractivity contribution is 7.96. The number of benzene rings is 2. The Morgan fingerprint density at radius 1 is 0.483 bits per heavy atom. The summed E-state index contributed by atoms with van der Waals surface area (Å²) in [5.41, 5.74) is 1.95. The Labute approximate surface area is 344 Å². The van der Waals surface area contributed by atoms with Crippen LogP contribution in [-0.4, -0.2) is 133 Å². The van der Waals surface area contributed by atoms with Crippen molar-refractivity contribution in [3.63, 3.8) is 0 Å². The largest absolute Gasteiger partial charge is 0.347 e. The van der Waals surface area contributed by atoms with E-state index in [0.29, 0.717) is 131 Å².